The van der Waals surface area contributed by atoms with Crippen LogP contribution in [0.4, 0.5) is 5.82 Å². The van der Waals surface area contributed by atoms with E-state index in [1.54, 1.807) is 0 Å². The Bertz CT molecular complexity index is 718. The molecule has 27 heavy (non-hydrogen) atoms. The van der Waals surface area contributed by atoms with E-state index in [1.165, 1.54) is 5.56 Å². The Morgan fingerprint density at radius 1 is 1.04 bits per heavy atom. The van der Waals surface area contributed by atoms with Crippen LogP contribution in [0.2, 0.25) is 0 Å². The van der Waals surface area contributed by atoms with Crippen LogP contribution in [0.25, 0.3) is 0 Å². The molecule has 0 saturated carbocycles. The van der Waals surface area contributed by atoms with Gasteiger partial charge in [0.25, 0.3) is 0 Å². The lowest BCUT2D eigenvalue weighted by molar-refractivity contribution is 0.312. The number of likely N-dealkylation sites (N-methyl/N-ethyl adjacent to an activating group) is 1. The normalized spacial score (nSPS) is 15.7. The summed E-state index contributed by atoms with van der Waals surface area (Å²) in [7, 11) is 6.18. The summed E-state index contributed by atoms with van der Waals surface area (Å²) in [6, 6.07) is 14.6. The minimum absolute atomic E-state index is 0.616. The summed E-state index contributed by atoms with van der Waals surface area (Å²) in [6.07, 6.45) is 1.95. The number of hydrogen-bond donors (Lipinski definition) is 1. The predicted octanol–water partition coefficient (Wildman–Crippen LogP) is 2.04. The van der Waals surface area contributed by atoms with Gasteiger partial charge in [0.2, 0.25) is 0 Å². The maximum Gasteiger partial charge on any atom is 0.194 e. The standard InChI is InChI=1S/C21H30N6/c1-25(2)21(23-15-18-7-5-4-6-8-18)24-17-19-9-10-20(22-16-19)27-13-11-26(3)12-14-27/h4-10,16H,11-15,17H2,1-3H3,(H,23,24). The molecule has 6 heteroatoms. The van der Waals surface area contributed by atoms with Gasteiger partial charge >= 0.3 is 0 Å². The number of hydrogen-bond acceptors (Lipinski definition) is 4. The van der Waals surface area contributed by atoms with E-state index >= 15 is 0 Å². The monoisotopic (exact) mass is 366 g/mol. The third kappa shape index (κ3) is 5.69. The van der Waals surface area contributed by atoms with Crippen LogP contribution in [-0.4, -0.2) is 68.1 Å². The number of guanidine groups is 1. The van der Waals surface area contributed by atoms with Crippen molar-refractivity contribution in [3.63, 3.8) is 0 Å². The molecule has 1 N–H and O–H groups in total. The predicted molar refractivity (Wildman–Crippen MR) is 112 cm³/mol. The number of benzene rings is 1. The van der Waals surface area contributed by atoms with Crippen molar-refractivity contribution in [3.05, 3.63) is 59.8 Å². The van der Waals surface area contributed by atoms with Crippen LogP contribution >= 0.6 is 0 Å². The fraction of sp³-hybridized carbons (Fsp3) is 0.429. The molecule has 0 radical (unpaired) electrons. The molecule has 6 nitrogen and oxygen atoms in total. The van der Waals surface area contributed by atoms with Crippen LogP contribution in [0, 0.1) is 0 Å². The SMILES string of the molecule is CN1CCN(c2ccc(CN=C(NCc3ccccc3)N(C)C)cn2)CC1. The molecule has 1 aromatic carbocycles. The maximum atomic E-state index is 4.73. The number of anilines is 1. The highest BCUT2D eigenvalue weighted by Gasteiger charge is 2.14. The molecule has 0 spiro atoms. The van der Waals surface area contributed by atoms with E-state index in [0.717, 1.165) is 50.1 Å². The third-order valence-electron chi connectivity index (χ3n) is 4.76. The molecule has 144 valence electrons. The van der Waals surface area contributed by atoms with Crippen LogP contribution in [0.5, 0.6) is 0 Å². The molecule has 0 aliphatic carbocycles. The van der Waals surface area contributed by atoms with Crippen molar-refractivity contribution >= 4 is 11.8 Å². The number of nitrogens with one attached hydrogen (secondary N) is 1. The Balaban J connectivity index is 1.57. The van der Waals surface area contributed by atoms with E-state index in [4.69, 9.17) is 4.99 Å². The summed E-state index contributed by atoms with van der Waals surface area (Å²) in [5.74, 6) is 1.94. The second-order valence-corrected chi connectivity index (χ2v) is 7.19. The van der Waals surface area contributed by atoms with Gasteiger partial charge in [0.1, 0.15) is 5.82 Å². The molecular weight excluding hydrogens is 336 g/mol. The van der Waals surface area contributed by atoms with Gasteiger partial charge in [-0.15, -0.1) is 0 Å². The highest BCUT2D eigenvalue weighted by molar-refractivity contribution is 5.79. The van der Waals surface area contributed by atoms with Gasteiger partial charge in [-0.2, -0.15) is 0 Å². The molecule has 0 amide bonds. The van der Waals surface area contributed by atoms with Crippen molar-refractivity contribution in [1.29, 1.82) is 0 Å². The lowest BCUT2D eigenvalue weighted by Gasteiger charge is -2.33. The minimum atomic E-state index is 0.616. The van der Waals surface area contributed by atoms with Crippen molar-refractivity contribution in [2.75, 3.05) is 52.2 Å². The second-order valence-electron chi connectivity index (χ2n) is 7.19. The first-order valence-electron chi connectivity index (χ1n) is 9.50. The quantitative estimate of drug-likeness (QED) is 0.648. The lowest BCUT2D eigenvalue weighted by atomic mass is 10.2. The minimum Gasteiger partial charge on any atom is -0.354 e. The largest absolute Gasteiger partial charge is 0.354 e. The summed E-state index contributed by atoms with van der Waals surface area (Å²) in [5.41, 5.74) is 2.36. The third-order valence-corrected chi connectivity index (χ3v) is 4.76. The summed E-state index contributed by atoms with van der Waals surface area (Å²) >= 11 is 0. The fourth-order valence-corrected chi connectivity index (χ4v) is 3.03. The molecule has 2 aromatic rings. The topological polar surface area (TPSA) is 47.0 Å². The molecule has 3 rings (SSSR count). The average molecular weight is 367 g/mol. The highest BCUT2D eigenvalue weighted by atomic mass is 15.3. The van der Waals surface area contributed by atoms with Crippen molar-refractivity contribution in [2.45, 2.75) is 13.1 Å². The molecule has 1 fully saturated rings. The Labute approximate surface area is 162 Å². The molecular formula is C21H30N6. The van der Waals surface area contributed by atoms with E-state index < -0.39 is 0 Å². The zero-order valence-corrected chi connectivity index (χ0v) is 16.6. The maximum absolute atomic E-state index is 4.73. The van der Waals surface area contributed by atoms with Gasteiger partial charge < -0.3 is 20.0 Å². The van der Waals surface area contributed by atoms with Gasteiger partial charge in [-0.05, 0) is 24.2 Å². The lowest BCUT2D eigenvalue weighted by Crippen LogP contribution is -2.44. The number of rotatable bonds is 5. The van der Waals surface area contributed by atoms with Crippen molar-refractivity contribution < 1.29 is 0 Å². The Kier molecular flexibility index (Phi) is 6.65. The fourth-order valence-electron chi connectivity index (χ4n) is 3.03. The van der Waals surface area contributed by atoms with E-state index in [1.807, 2.05) is 31.3 Å². The van der Waals surface area contributed by atoms with Gasteiger partial charge in [0, 0.05) is 53.0 Å². The average Bonchev–Trinajstić information content (AvgIpc) is 2.69. The summed E-state index contributed by atoms with van der Waals surface area (Å²) in [6.45, 7) is 5.63. The van der Waals surface area contributed by atoms with E-state index in [9.17, 15) is 0 Å². The number of pyridine rings is 1. The van der Waals surface area contributed by atoms with Crippen molar-refractivity contribution in [3.8, 4) is 0 Å². The van der Waals surface area contributed by atoms with E-state index in [0.29, 0.717) is 6.54 Å². The molecule has 0 atom stereocenters. The number of nitrogens with zero attached hydrogens (tertiary/aromatic N) is 5. The van der Waals surface area contributed by atoms with Crippen LogP contribution in [0.1, 0.15) is 11.1 Å². The van der Waals surface area contributed by atoms with Gasteiger partial charge in [0.15, 0.2) is 5.96 Å². The van der Waals surface area contributed by atoms with E-state index in [-0.39, 0.29) is 0 Å². The van der Waals surface area contributed by atoms with Crippen LogP contribution in [-0.2, 0) is 13.1 Å². The van der Waals surface area contributed by atoms with Crippen LogP contribution in [0.3, 0.4) is 0 Å². The number of aliphatic imine (C=N–C) groups is 1. The zero-order chi connectivity index (χ0) is 19.1. The number of piperazine rings is 1. The molecule has 2 heterocycles. The first-order valence-corrected chi connectivity index (χ1v) is 9.50. The summed E-state index contributed by atoms with van der Waals surface area (Å²) in [5, 5.41) is 3.42. The van der Waals surface area contributed by atoms with Gasteiger partial charge in [-0.3, -0.25) is 0 Å². The zero-order valence-electron chi connectivity index (χ0n) is 16.6. The first kappa shape index (κ1) is 19.2. The molecule has 0 bridgehead atoms. The molecule has 1 aromatic heterocycles. The van der Waals surface area contributed by atoms with Crippen LogP contribution < -0.4 is 10.2 Å². The molecule has 1 aliphatic heterocycles. The highest BCUT2D eigenvalue weighted by Crippen LogP contribution is 2.14. The summed E-state index contributed by atoms with van der Waals surface area (Å²) in [4.78, 5) is 16.1. The molecule has 1 aliphatic rings. The van der Waals surface area contributed by atoms with E-state index in [2.05, 4.69) is 63.5 Å². The Morgan fingerprint density at radius 2 is 1.78 bits per heavy atom. The molecule has 0 unspecified atom stereocenters. The summed E-state index contributed by atoms with van der Waals surface area (Å²) < 4.78 is 0. The van der Waals surface area contributed by atoms with Gasteiger partial charge in [0.05, 0.1) is 6.54 Å². The Hall–Kier alpha value is -2.60. The first-order chi connectivity index (χ1) is 13.1. The van der Waals surface area contributed by atoms with Crippen LogP contribution in [0.15, 0.2) is 53.7 Å². The molecule has 1 saturated heterocycles. The van der Waals surface area contributed by atoms with Crippen molar-refractivity contribution in [1.82, 2.24) is 20.1 Å². The van der Waals surface area contributed by atoms with Crippen molar-refractivity contribution in [2.24, 2.45) is 4.99 Å². The number of aromatic nitrogens is 1. The Morgan fingerprint density at radius 3 is 2.41 bits per heavy atom. The second kappa shape index (κ2) is 9.37. The smallest absolute Gasteiger partial charge is 0.194 e. The van der Waals surface area contributed by atoms with Gasteiger partial charge in [-0.1, -0.05) is 36.4 Å². The van der Waals surface area contributed by atoms with Gasteiger partial charge in [-0.25, -0.2) is 9.98 Å².